The van der Waals surface area contributed by atoms with Crippen molar-refractivity contribution in [2.75, 3.05) is 19.8 Å². The lowest BCUT2D eigenvalue weighted by Crippen LogP contribution is -2.61. The van der Waals surface area contributed by atoms with E-state index >= 15 is 0 Å². The van der Waals surface area contributed by atoms with E-state index in [-0.39, 0.29) is 23.1 Å². The van der Waals surface area contributed by atoms with E-state index in [2.05, 4.69) is 21.4 Å². The molecule has 0 aromatic rings. The summed E-state index contributed by atoms with van der Waals surface area (Å²) in [6.07, 6.45) is 11.3. The predicted octanol–water partition coefficient (Wildman–Crippen LogP) is 1.67. The molecule has 2 unspecified atom stereocenters. The van der Waals surface area contributed by atoms with Gasteiger partial charge in [0.2, 0.25) is 0 Å². The molecule has 1 saturated carbocycles. The Hall–Kier alpha value is -1.15. The van der Waals surface area contributed by atoms with Crippen molar-refractivity contribution in [1.82, 2.24) is 4.90 Å². The van der Waals surface area contributed by atoms with Gasteiger partial charge in [-0.05, 0) is 30.4 Å². The van der Waals surface area contributed by atoms with E-state index in [1.807, 2.05) is 18.6 Å². The number of thioether (sulfide) groups is 1. The fourth-order valence-corrected chi connectivity index (χ4v) is 5.63. The number of ether oxygens (including phenoxy) is 2. The second kappa shape index (κ2) is 5.17. The number of aliphatic hydroxyl groups is 1. The zero-order valence-electron chi connectivity index (χ0n) is 13.4. The average molecular weight is 347 g/mol. The Morgan fingerprint density at radius 2 is 2.04 bits per heavy atom. The van der Waals surface area contributed by atoms with Crippen LogP contribution in [-0.4, -0.2) is 64.1 Å². The molecule has 1 saturated heterocycles. The van der Waals surface area contributed by atoms with Crippen LogP contribution >= 0.6 is 11.8 Å². The maximum absolute atomic E-state index is 10.3. The summed E-state index contributed by atoms with van der Waals surface area (Å²) in [5, 5.41) is 12.4. The van der Waals surface area contributed by atoms with E-state index in [1.165, 1.54) is 0 Å². The van der Waals surface area contributed by atoms with Crippen LogP contribution < -0.4 is 0 Å². The molecule has 0 radical (unpaired) electrons. The Morgan fingerprint density at radius 3 is 2.79 bits per heavy atom. The minimum Gasteiger partial charge on any atom is -0.394 e. The second-order valence-corrected chi connectivity index (χ2v) is 8.19. The molecule has 0 aromatic heterocycles. The van der Waals surface area contributed by atoms with Gasteiger partial charge in [-0.3, -0.25) is 4.99 Å². The Balaban J connectivity index is 1.43. The molecule has 6 nitrogen and oxygen atoms in total. The van der Waals surface area contributed by atoms with E-state index < -0.39 is 5.79 Å². The summed E-state index contributed by atoms with van der Waals surface area (Å²) in [6, 6.07) is 0.0941. The maximum atomic E-state index is 10.3. The number of hydrogen-bond donors (Lipinski definition) is 1. The molecular formula is C17H21N3O3S. The molecule has 0 amide bonds. The first-order valence-corrected chi connectivity index (χ1v) is 9.42. The molecule has 7 heteroatoms. The first kappa shape index (κ1) is 15.1. The van der Waals surface area contributed by atoms with Gasteiger partial charge in [-0.1, -0.05) is 11.8 Å². The standard InChI is InChI=1S/C17H21N3O3S/c21-11-15(3-5-16(6-4-15)22-8-9-23-16)20-12-19-17-13(2-10-24-17)18-7-1-14(17)20/h1-2,7,10,12,14,21H,3-6,8-9,11H2. The summed E-state index contributed by atoms with van der Waals surface area (Å²) < 4.78 is 11.7. The van der Waals surface area contributed by atoms with Crippen molar-refractivity contribution in [3.05, 3.63) is 23.8 Å². The lowest BCUT2D eigenvalue weighted by molar-refractivity contribution is -0.194. The highest BCUT2D eigenvalue weighted by Crippen LogP contribution is 2.50. The molecule has 5 aliphatic rings. The van der Waals surface area contributed by atoms with Crippen LogP contribution in [0.4, 0.5) is 0 Å². The molecule has 0 bridgehead atoms. The fraction of sp³-hybridized carbons (Fsp3) is 0.647. The van der Waals surface area contributed by atoms with Gasteiger partial charge in [0.15, 0.2) is 10.7 Å². The number of aliphatic imine (C=N–C) groups is 2. The Bertz CT molecular complexity index is 658. The third-order valence-corrected chi connectivity index (χ3v) is 7.18. The smallest absolute Gasteiger partial charge is 0.177 e. The molecule has 2 fully saturated rings. The summed E-state index contributed by atoms with van der Waals surface area (Å²) in [5.41, 5.74) is 0.690. The van der Waals surface area contributed by atoms with Gasteiger partial charge in [-0.2, -0.15) is 0 Å². The average Bonchev–Trinajstić information content (AvgIpc) is 3.33. The topological polar surface area (TPSA) is 66.7 Å². The first-order chi connectivity index (χ1) is 11.7. The zero-order valence-corrected chi connectivity index (χ0v) is 14.2. The lowest BCUT2D eigenvalue weighted by Gasteiger charge is -2.50. The zero-order chi connectivity index (χ0) is 16.3. The van der Waals surface area contributed by atoms with Crippen LogP contribution in [0.1, 0.15) is 25.7 Å². The van der Waals surface area contributed by atoms with Crippen LogP contribution in [-0.2, 0) is 9.47 Å². The van der Waals surface area contributed by atoms with Crippen molar-refractivity contribution in [3.8, 4) is 0 Å². The van der Waals surface area contributed by atoms with Gasteiger partial charge in [-0.25, -0.2) is 4.99 Å². The number of hydrogen-bond acceptors (Lipinski definition) is 7. The van der Waals surface area contributed by atoms with Crippen LogP contribution in [0.3, 0.4) is 0 Å². The fourth-order valence-electron chi connectivity index (χ4n) is 4.55. The van der Waals surface area contributed by atoms with E-state index in [9.17, 15) is 5.11 Å². The number of nitrogens with zero attached hydrogens (tertiary/aromatic N) is 3. The van der Waals surface area contributed by atoms with Crippen molar-refractivity contribution < 1.29 is 14.6 Å². The number of aliphatic hydroxyl groups excluding tert-OH is 1. The lowest BCUT2D eigenvalue weighted by atomic mass is 9.77. The number of rotatable bonds is 2. The van der Waals surface area contributed by atoms with Crippen molar-refractivity contribution in [2.45, 2.75) is 47.9 Å². The Labute approximate surface area is 145 Å². The van der Waals surface area contributed by atoms with Crippen LogP contribution in [0.25, 0.3) is 0 Å². The molecule has 4 heterocycles. The summed E-state index contributed by atoms with van der Waals surface area (Å²) in [4.78, 5) is 11.2. The largest absolute Gasteiger partial charge is 0.394 e. The second-order valence-electron chi connectivity index (χ2n) is 7.06. The van der Waals surface area contributed by atoms with Crippen molar-refractivity contribution >= 4 is 23.8 Å². The summed E-state index contributed by atoms with van der Waals surface area (Å²) in [7, 11) is 0. The molecule has 1 N–H and O–H groups in total. The molecule has 0 aromatic carbocycles. The third-order valence-electron chi connectivity index (χ3n) is 6.00. The maximum Gasteiger partial charge on any atom is 0.177 e. The van der Waals surface area contributed by atoms with Crippen molar-refractivity contribution in [1.29, 1.82) is 0 Å². The molecule has 4 aliphatic heterocycles. The van der Waals surface area contributed by atoms with Crippen LogP contribution in [0.15, 0.2) is 33.7 Å². The molecule has 1 aliphatic carbocycles. The molecule has 128 valence electrons. The minimum atomic E-state index is -0.425. The van der Waals surface area contributed by atoms with Crippen molar-refractivity contribution in [3.63, 3.8) is 0 Å². The van der Waals surface area contributed by atoms with Crippen LogP contribution in [0.5, 0.6) is 0 Å². The van der Waals surface area contributed by atoms with Crippen LogP contribution in [0, 0.1) is 0 Å². The van der Waals surface area contributed by atoms with Gasteiger partial charge in [0.25, 0.3) is 0 Å². The highest BCUT2D eigenvalue weighted by atomic mass is 32.2. The Kier molecular flexibility index (Phi) is 3.26. The predicted molar refractivity (Wildman–Crippen MR) is 93.1 cm³/mol. The van der Waals surface area contributed by atoms with E-state index in [0.29, 0.717) is 13.2 Å². The van der Waals surface area contributed by atoms with Gasteiger partial charge < -0.3 is 19.5 Å². The van der Waals surface area contributed by atoms with Crippen LogP contribution in [0.2, 0.25) is 0 Å². The van der Waals surface area contributed by atoms with Gasteiger partial charge in [0.1, 0.15) is 0 Å². The van der Waals surface area contributed by atoms with E-state index in [1.54, 1.807) is 11.8 Å². The van der Waals surface area contributed by atoms with Gasteiger partial charge in [-0.15, -0.1) is 0 Å². The quantitative estimate of drug-likeness (QED) is 0.823. The molecular weight excluding hydrogens is 326 g/mol. The molecule has 5 rings (SSSR count). The normalized spacial score (nSPS) is 37.8. The molecule has 2 spiro atoms. The SMILES string of the molecule is OCC1(N2C=NC34SC=CC3=NC=CC24)CCC2(CC1)OCCO2. The highest BCUT2D eigenvalue weighted by Gasteiger charge is 2.57. The van der Waals surface area contributed by atoms with Gasteiger partial charge in [0, 0.05) is 19.0 Å². The van der Waals surface area contributed by atoms with E-state index in [0.717, 1.165) is 31.4 Å². The van der Waals surface area contributed by atoms with Crippen molar-refractivity contribution in [2.24, 2.45) is 9.98 Å². The minimum absolute atomic E-state index is 0.0941. The third kappa shape index (κ3) is 1.89. The van der Waals surface area contributed by atoms with Gasteiger partial charge >= 0.3 is 0 Å². The highest BCUT2D eigenvalue weighted by molar-refractivity contribution is 8.04. The monoisotopic (exact) mass is 347 g/mol. The molecule has 2 atom stereocenters. The first-order valence-electron chi connectivity index (χ1n) is 8.54. The summed E-state index contributed by atoms with van der Waals surface area (Å²) >= 11 is 1.71. The molecule has 24 heavy (non-hydrogen) atoms. The summed E-state index contributed by atoms with van der Waals surface area (Å²) in [6.45, 7) is 1.46. The Morgan fingerprint density at radius 1 is 1.25 bits per heavy atom. The van der Waals surface area contributed by atoms with Gasteiger partial charge in [0.05, 0.1) is 43.5 Å². The van der Waals surface area contributed by atoms with E-state index in [4.69, 9.17) is 14.5 Å². The summed E-state index contributed by atoms with van der Waals surface area (Å²) in [5.74, 6) is -0.425.